The van der Waals surface area contributed by atoms with E-state index in [0.717, 1.165) is 16.6 Å². The second-order valence-electron chi connectivity index (χ2n) is 4.47. The molecule has 86 valence electrons. The zero-order chi connectivity index (χ0) is 11.7. The number of hydrogen-bond donors (Lipinski definition) is 1. The number of para-hydroxylation sites is 1. The third-order valence-corrected chi connectivity index (χ3v) is 2.97. The van der Waals surface area contributed by atoms with Gasteiger partial charge in [-0.25, -0.2) is 4.68 Å². The smallest absolute Gasteiger partial charge is 0.113 e. The third-order valence-electron chi connectivity index (χ3n) is 2.97. The number of hydrogen-bond acceptors (Lipinski definition) is 3. The molecule has 1 atom stereocenters. The monoisotopic (exact) mass is 219 g/mol. The van der Waals surface area contributed by atoms with Crippen LogP contribution >= 0.6 is 0 Å². The predicted octanol–water partition coefficient (Wildman–Crippen LogP) is 1.93. The standard InChI is InChI=1S/C12H17N3O/c1-8(2)11(7-16)15-12-9(3)5-4-6-10(12)13-14-15/h4-6,8,11,16H,7H2,1-3H3. The Labute approximate surface area is 94.9 Å². The number of nitrogens with zero attached hydrogens (tertiary/aromatic N) is 3. The molecule has 4 heteroatoms. The van der Waals surface area contributed by atoms with Crippen molar-refractivity contribution in [2.75, 3.05) is 6.61 Å². The zero-order valence-corrected chi connectivity index (χ0v) is 9.88. The molecular weight excluding hydrogens is 202 g/mol. The number of aryl methyl sites for hydroxylation is 1. The van der Waals surface area contributed by atoms with Crippen molar-refractivity contribution in [1.82, 2.24) is 15.0 Å². The summed E-state index contributed by atoms with van der Waals surface area (Å²) in [5, 5.41) is 17.7. The van der Waals surface area contributed by atoms with Crippen LogP contribution in [0.4, 0.5) is 0 Å². The molecule has 0 aliphatic carbocycles. The summed E-state index contributed by atoms with van der Waals surface area (Å²) in [6, 6.07) is 5.95. The lowest BCUT2D eigenvalue weighted by Gasteiger charge is -2.19. The molecule has 0 amide bonds. The lowest BCUT2D eigenvalue weighted by atomic mass is 10.1. The fourth-order valence-corrected chi connectivity index (χ4v) is 1.97. The van der Waals surface area contributed by atoms with Crippen molar-refractivity contribution in [2.45, 2.75) is 26.8 Å². The van der Waals surface area contributed by atoms with Gasteiger partial charge in [0, 0.05) is 0 Å². The molecule has 0 aliphatic heterocycles. The van der Waals surface area contributed by atoms with Crippen LogP contribution in [0.2, 0.25) is 0 Å². The summed E-state index contributed by atoms with van der Waals surface area (Å²) in [6.07, 6.45) is 0. The summed E-state index contributed by atoms with van der Waals surface area (Å²) >= 11 is 0. The van der Waals surface area contributed by atoms with Gasteiger partial charge in [0.15, 0.2) is 0 Å². The minimum atomic E-state index is -0.00824. The van der Waals surface area contributed by atoms with Gasteiger partial charge in [0.25, 0.3) is 0 Å². The fourth-order valence-electron chi connectivity index (χ4n) is 1.97. The molecule has 16 heavy (non-hydrogen) atoms. The third kappa shape index (κ3) is 1.69. The number of aliphatic hydroxyl groups is 1. The number of aliphatic hydroxyl groups excluding tert-OH is 1. The van der Waals surface area contributed by atoms with Crippen molar-refractivity contribution < 1.29 is 5.11 Å². The lowest BCUT2D eigenvalue weighted by Crippen LogP contribution is -2.20. The van der Waals surface area contributed by atoms with Crippen molar-refractivity contribution in [3.8, 4) is 0 Å². The first-order chi connectivity index (χ1) is 7.65. The van der Waals surface area contributed by atoms with Gasteiger partial charge in [-0.3, -0.25) is 0 Å². The molecule has 1 N–H and O–H groups in total. The molecule has 0 saturated heterocycles. The maximum atomic E-state index is 9.43. The van der Waals surface area contributed by atoms with E-state index in [2.05, 4.69) is 24.2 Å². The summed E-state index contributed by atoms with van der Waals surface area (Å²) < 4.78 is 1.84. The molecule has 0 spiro atoms. The Balaban J connectivity index is 2.60. The van der Waals surface area contributed by atoms with Crippen LogP contribution in [-0.4, -0.2) is 26.7 Å². The molecule has 4 nitrogen and oxygen atoms in total. The predicted molar refractivity (Wildman–Crippen MR) is 63.2 cm³/mol. The molecular formula is C12H17N3O. The maximum Gasteiger partial charge on any atom is 0.113 e. The molecule has 0 fully saturated rings. The Kier molecular flexibility index (Phi) is 2.92. The number of aromatic nitrogens is 3. The minimum Gasteiger partial charge on any atom is -0.394 e. The summed E-state index contributed by atoms with van der Waals surface area (Å²) in [4.78, 5) is 0. The van der Waals surface area contributed by atoms with Crippen LogP contribution in [0.5, 0.6) is 0 Å². The van der Waals surface area contributed by atoms with E-state index in [1.807, 2.05) is 29.8 Å². The van der Waals surface area contributed by atoms with Crippen molar-refractivity contribution in [1.29, 1.82) is 0 Å². The van der Waals surface area contributed by atoms with Crippen molar-refractivity contribution in [3.05, 3.63) is 23.8 Å². The van der Waals surface area contributed by atoms with Gasteiger partial charge < -0.3 is 5.11 Å². The number of fused-ring (bicyclic) bond motifs is 1. The highest BCUT2D eigenvalue weighted by Crippen LogP contribution is 2.23. The molecule has 0 aliphatic rings. The van der Waals surface area contributed by atoms with Crippen LogP contribution < -0.4 is 0 Å². The largest absolute Gasteiger partial charge is 0.394 e. The molecule has 0 saturated carbocycles. The zero-order valence-electron chi connectivity index (χ0n) is 9.88. The highest BCUT2D eigenvalue weighted by molar-refractivity contribution is 5.77. The average molecular weight is 219 g/mol. The molecule has 1 aromatic carbocycles. The summed E-state index contributed by atoms with van der Waals surface area (Å²) in [6.45, 7) is 6.28. The fraction of sp³-hybridized carbons (Fsp3) is 0.500. The Hall–Kier alpha value is -1.42. The first-order valence-electron chi connectivity index (χ1n) is 5.56. The van der Waals surface area contributed by atoms with E-state index in [-0.39, 0.29) is 12.6 Å². The Morgan fingerprint density at radius 2 is 2.12 bits per heavy atom. The van der Waals surface area contributed by atoms with Gasteiger partial charge in [-0.05, 0) is 24.5 Å². The molecule has 1 aromatic heterocycles. The second kappa shape index (κ2) is 4.22. The SMILES string of the molecule is Cc1cccc2nnn(C(CO)C(C)C)c12. The Morgan fingerprint density at radius 1 is 1.38 bits per heavy atom. The van der Waals surface area contributed by atoms with Crippen molar-refractivity contribution in [2.24, 2.45) is 5.92 Å². The van der Waals surface area contributed by atoms with E-state index in [1.54, 1.807) is 0 Å². The topological polar surface area (TPSA) is 50.9 Å². The van der Waals surface area contributed by atoms with E-state index in [9.17, 15) is 5.11 Å². The van der Waals surface area contributed by atoms with Crippen LogP contribution in [0.15, 0.2) is 18.2 Å². The Bertz CT molecular complexity index is 490. The normalized spacial score (nSPS) is 13.6. The van der Waals surface area contributed by atoms with E-state index in [1.165, 1.54) is 0 Å². The van der Waals surface area contributed by atoms with Crippen LogP contribution in [0, 0.1) is 12.8 Å². The molecule has 0 radical (unpaired) electrons. The molecule has 2 rings (SSSR count). The summed E-state index contributed by atoms with van der Waals surface area (Å²) in [5.41, 5.74) is 3.05. The first kappa shape index (κ1) is 11.1. The quantitative estimate of drug-likeness (QED) is 0.858. The first-order valence-corrected chi connectivity index (χ1v) is 5.56. The highest BCUT2D eigenvalue weighted by atomic mass is 16.3. The maximum absolute atomic E-state index is 9.43. The van der Waals surface area contributed by atoms with Crippen LogP contribution in [0.25, 0.3) is 11.0 Å². The molecule has 1 unspecified atom stereocenters. The molecule has 2 aromatic rings. The molecule has 1 heterocycles. The van der Waals surface area contributed by atoms with Gasteiger partial charge in [0.2, 0.25) is 0 Å². The summed E-state index contributed by atoms with van der Waals surface area (Å²) in [7, 11) is 0. The van der Waals surface area contributed by atoms with Gasteiger partial charge in [-0.15, -0.1) is 5.10 Å². The average Bonchev–Trinajstić information content (AvgIpc) is 2.64. The number of benzene rings is 1. The van der Waals surface area contributed by atoms with Gasteiger partial charge in [0.1, 0.15) is 5.52 Å². The minimum absolute atomic E-state index is 0.00824. The Morgan fingerprint density at radius 3 is 2.75 bits per heavy atom. The van der Waals surface area contributed by atoms with E-state index in [0.29, 0.717) is 5.92 Å². The van der Waals surface area contributed by atoms with Gasteiger partial charge in [-0.1, -0.05) is 31.2 Å². The molecule has 0 bridgehead atoms. The van der Waals surface area contributed by atoms with Crippen molar-refractivity contribution in [3.63, 3.8) is 0 Å². The highest BCUT2D eigenvalue weighted by Gasteiger charge is 2.19. The van der Waals surface area contributed by atoms with Crippen LogP contribution in [0.3, 0.4) is 0 Å². The summed E-state index contributed by atoms with van der Waals surface area (Å²) in [5.74, 6) is 0.328. The van der Waals surface area contributed by atoms with Crippen LogP contribution in [-0.2, 0) is 0 Å². The lowest BCUT2D eigenvalue weighted by molar-refractivity contribution is 0.184. The van der Waals surface area contributed by atoms with Gasteiger partial charge >= 0.3 is 0 Å². The van der Waals surface area contributed by atoms with Gasteiger partial charge in [-0.2, -0.15) is 0 Å². The van der Waals surface area contributed by atoms with Gasteiger partial charge in [0.05, 0.1) is 18.2 Å². The van der Waals surface area contributed by atoms with Crippen LogP contribution in [0.1, 0.15) is 25.5 Å². The van der Waals surface area contributed by atoms with E-state index >= 15 is 0 Å². The van der Waals surface area contributed by atoms with E-state index in [4.69, 9.17) is 0 Å². The second-order valence-corrected chi connectivity index (χ2v) is 4.47. The van der Waals surface area contributed by atoms with Crippen molar-refractivity contribution >= 4 is 11.0 Å². The van der Waals surface area contributed by atoms with E-state index < -0.39 is 0 Å². The number of rotatable bonds is 3.